The van der Waals surface area contributed by atoms with E-state index in [2.05, 4.69) is 26.5 Å². The number of methoxy groups -OCH3 is 1. The van der Waals surface area contributed by atoms with Crippen LogP contribution in [0, 0.1) is 11.7 Å². The van der Waals surface area contributed by atoms with Gasteiger partial charge in [0, 0.05) is 17.9 Å². The molecule has 1 unspecified atom stereocenters. The Morgan fingerprint density at radius 2 is 2.28 bits per heavy atom. The predicted molar refractivity (Wildman–Crippen MR) is 69.1 cm³/mol. The molecule has 1 aromatic rings. The standard InChI is InChI=1S/C12H12BrFN2O2/c1-6-5-9(17)15-16-12(6)7-3-4-8(18-2)10(13)11(7)14/h3-4,6H,5H2,1-2H3,(H,15,17). The van der Waals surface area contributed by atoms with Crippen LogP contribution in [0.5, 0.6) is 5.75 Å². The van der Waals surface area contributed by atoms with E-state index < -0.39 is 5.82 Å². The van der Waals surface area contributed by atoms with Gasteiger partial charge in [-0.05, 0) is 28.1 Å². The maximum atomic E-state index is 14.2. The maximum Gasteiger partial charge on any atom is 0.240 e. The highest BCUT2D eigenvalue weighted by atomic mass is 79.9. The van der Waals surface area contributed by atoms with Gasteiger partial charge in [-0.25, -0.2) is 9.82 Å². The number of halogens is 2. The average Bonchev–Trinajstić information content (AvgIpc) is 2.34. The summed E-state index contributed by atoms with van der Waals surface area (Å²) in [5, 5.41) is 3.93. The van der Waals surface area contributed by atoms with Gasteiger partial charge in [0.15, 0.2) is 0 Å². The van der Waals surface area contributed by atoms with Crippen molar-refractivity contribution in [1.29, 1.82) is 0 Å². The fraction of sp³-hybridized carbons (Fsp3) is 0.333. The summed E-state index contributed by atoms with van der Waals surface area (Å²) in [6, 6.07) is 3.26. The second-order valence-corrected chi connectivity index (χ2v) is 4.87. The average molecular weight is 315 g/mol. The fourth-order valence-electron chi connectivity index (χ4n) is 1.87. The van der Waals surface area contributed by atoms with E-state index in [9.17, 15) is 9.18 Å². The van der Waals surface area contributed by atoms with Crippen LogP contribution in [0.15, 0.2) is 21.7 Å². The third kappa shape index (κ3) is 2.25. The lowest BCUT2D eigenvalue weighted by atomic mass is 9.94. The smallest absolute Gasteiger partial charge is 0.240 e. The highest BCUT2D eigenvalue weighted by Gasteiger charge is 2.25. The van der Waals surface area contributed by atoms with E-state index in [0.29, 0.717) is 23.4 Å². The molecule has 1 aromatic carbocycles. The van der Waals surface area contributed by atoms with E-state index in [4.69, 9.17) is 4.74 Å². The second-order valence-electron chi connectivity index (χ2n) is 4.08. The van der Waals surface area contributed by atoms with E-state index in [1.807, 2.05) is 6.92 Å². The topological polar surface area (TPSA) is 50.7 Å². The van der Waals surface area contributed by atoms with Crippen molar-refractivity contribution >= 4 is 27.5 Å². The number of carbonyl (C=O) groups excluding carboxylic acids is 1. The molecule has 0 aliphatic carbocycles. The number of carbonyl (C=O) groups is 1. The SMILES string of the molecule is COc1ccc(C2=NNC(=O)CC2C)c(F)c1Br. The first-order chi connectivity index (χ1) is 8.54. The van der Waals surface area contributed by atoms with Crippen LogP contribution in [0.3, 0.4) is 0 Å². The van der Waals surface area contributed by atoms with Gasteiger partial charge in [-0.2, -0.15) is 5.10 Å². The first-order valence-electron chi connectivity index (χ1n) is 5.43. The number of hydrogen-bond donors (Lipinski definition) is 1. The minimum Gasteiger partial charge on any atom is -0.495 e. The van der Waals surface area contributed by atoms with Crippen molar-refractivity contribution in [3.63, 3.8) is 0 Å². The minimum atomic E-state index is -0.434. The van der Waals surface area contributed by atoms with Gasteiger partial charge in [-0.3, -0.25) is 4.79 Å². The highest BCUT2D eigenvalue weighted by Crippen LogP contribution is 2.31. The zero-order chi connectivity index (χ0) is 13.3. The summed E-state index contributed by atoms with van der Waals surface area (Å²) in [7, 11) is 1.47. The molecular formula is C12H12BrFN2O2. The second kappa shape index (κ2) is 5.06. The third-order valence-electron chi connectivity index (χ3n) is 2.80. The Morgan fingerprint density at radius 1 is 1.56 bits per heavy atom. The molecule has 6 heteroatoms. The highest BCUT2D eigenvalue weighted by molar-refractivity contribution is 9.10. The predicted octanol–water partition coefficient (Wildman–Crippen LogP) is 2.46. The molecule has 18 heavy (non-hydrogen) atoms. The van der Waals surface area contributed by atoms with Crippen LogP contribution < -0.4 is 10.2 Å². The molecule has 0 saturated heterocycles. The monoisotopic (exact) mass is 314 g/mol. The molecule has 0 fully saturated rings. The number of amides is 1. The Morgan fingerprint density at radius 3 is 2.89 bits per heavy atom. The van der Waals surface area contributed by atoms with E-state index in [-0.39, 0.29) is 16.3 Å². The molecular weight excluding hydrogens is 303 g/mol. The first-order valence-corrected chi connectivity index (χ1v) is 6.22. The molecule has 1 N–H and O–H groups in total. The zero-order valence-electron chi connectivity index (χ0n) is 9.96. The van der Waals surface area contributed by atoms with Gasteiger partial charge in [0.2, 0.25) is 5.91 Å². The van der Waals surface area contributed by atoms with Crippen LogP contribution >= 0.6 is 15.9 Å². The number of rotatable bonds is 2. The molecule has 0 saturated carbocycles. The van der Waals surface area contributed by atoms with Gasteiger partial charge in [-0.1, -0.05) is 6.92 Å². The summed E-state index contributed by atoms with van der Waals surface area (Å²) in [6.45, 7) is 1.84. The van der Waals surface area contributed by atoms with Gasteiger partial charge in [0.05, 0.1) is 17.3 Å². The molecule has 1 atom stereocenters. The van der Waals surface area contributed by atoms with Crippen LogP contribution in [0.4, 0.5) is 4.39 Å². The summed E-state index contributed by atoms with van der Waals surface area (Å²) in [5.74, 6) is -0.284. The first kappa shape index (κ1) is 13.0. The largest absolute Gasteiger partial charge is 0.495 e. The van der Waals surface area contributed by atoms with Crippen molar-refractivity contribution in [3.8, 4) is 5.75 Å². The van der Waals surface area contributed by atoms with Gasteiger partial charge in [-0.15, -0.1) is 0 Å². The summed E-state index contributed by atoms with van der Waals surface area (Å²) in [4.78, 5) is 11.2. The Hall–Kier alpha value is -1.43. The molecule has 0 bridgehead atoms. The third-order valence-corrected chi connectivity index (χ3v) is 3.54. The number of benzene rings is 1. The quantitative estimate of drug-likeness (QED) is 0.911. The molecule has 1 amide bonds. The summed E-state index contributed by atoms with van der Waals surface area (Å²) >= 11 is 3.15. The lowest BCUT2D eigenvalue weighted by Gasteiger charge is -2.20. The van der Waals surface area contributed by atoms with Crippen LogP contribution in [-0.2, 0) is 4.79 Å². The van der Waals surface area contributed by atoms with Crippen molar-refractivity contribution in [2.75, 3.05) is 7.11 Å². The molecule has 1 heterocycles. The van der Waals surface area contributed by atoms with E-state index in [1.54, 1.807) is 12.1 Å². The molecule has 0 aromatic heterocycles. The van der Waals surface area contributed by atoms with Crippen LogP contribution in [0.1, 0.15) is 18.9 Å². The van der Waals surface area contributed by atoms with E-state index >= 15 is 0 Å². The van der Waals surface area contributed by atoms with Crippen molar-refractivity contribution in [2.24, 2.45) is 11.0 Å². The summed E-state index contributed by atoms with van der Waals surface area (Å²) < 4.78 is 19.5. The van der Waals surface area contributed by atoms with Gasteiger partial charge in [0.1, 0.15) is 11.6 Å². The molecule has 1 aliphatic heterocycles. The molecule has 0 radical (unpaired) electrons. The van der Waals surface area contributed by atoms with Crippen molar-refractivity contribution in [1.82, 2.24) is 5.43 Å². The van der Waals surface area contributed by atoms with Crippen LogP contribution in [-0.4, -0.2) is 18.7 Å². The Balaban J connectivity index is 2.46. The van der Waals surface area contributed by atoms with Crippen LogP contribution in [0.2, 0.25) is 0 Å². The maximum absolute atomic E-state index is 14.2. The van der Waals surface area contributed by atoms with Crippen molar-refractivity contribution < 1.29 is 13.9 Å². The summed E-state index contributed by atoms with van der Waals surface area (Å²) in [5.41, 5.74) is 3.28. The zero-order valence-corrected chi connectivity index (χ0v) is 11.5. The Labute approximate surface area is 112 Å². The number of hydrogen-bond acceptors (Lipinski definition) is 3. The minimum absolute atomic E-state index is 0.117. The molecule has 96 valence electrons. The normalized spacial score (nSPS) is 19.2. The number of ether oxygens (including phenoxy) is 1. The molecule has 2 rings (SSSR count). The van der Waals surface area contributed by atoms with Crippen molar-refractivity contribution in [3.05, 3.63) is 28.0 Å². The number of nitrogens with zero attached hydrogens (tertiary/aromatic N) is 1. The van der Waals surface area contributed by atoms with Gasteiger partial charge in [0.25, 0.3) is 0 Å². The van der Waals surface area contributed by atoms with Crippen molar-refractivity contribution in [2.45, 2.75) is 13.3 Å². The van der Waals surface area contributed by atoms with Crippen LogP contribution in [0.25, 0.3) is 0 Å². The molecule has 0 spiro atoms. The summed E-state index contributed by atoms with van der Waals surface area (Å²) in [6.07, 6.45) is 0.307. The number of nitrogens with one attached hydrogen (secondary N) is 1. The lowest BCUT2D eigenvalue weighted by molar-refractivity contribution is -0.121. The molecule has 4 nitrogen and oxygen atoms in total. The van der Waals surface area contributed by atoms with Gasteiger partial charge < -0.3 is 4.74 Å². The number of hydrazone groups is 1. The van der Waals surface area contributed by atoms with E-state index in [0.717, 1.165) is 0 Å². The Kier molecular flexibility index (Phi) is 3.65. The lowest BCUT2D eigenvalue weighted by Crippen LogP contribution is -2.32. The fourth-order valence-corrected chi connectivity index (χ4v) is 2.37. The molecule has 1 aliphatic rings. The Bertz CT molecular complexity index is 531. The van der Waals surface area contributed by atoms with E-state index in [1.165, 1.54) is 7.11 Å². The van der Waals surface area contributed by atoms with Gasteiger partial charge >= 0.3 is 0 Å².